The minimum absolute atomic E-state index is 0.342. The van der Waals surface area contributed by atoms with Crippen molar-refractivity contribution < 1.29 is 9.90 Å². The first-order valence-electron chi connectivity index (χ1n) is 4.49. The molecule has 0 bridgehead atoms. The summed E-state index contributed by atoms with van der Waals surface area (Å²) in [6, 6.07) is 7.69. The summed E-state index contributed by atoms with van der Waals surface area (Å²) < 4.78 is 0.964. The van der Waals surface area contributed by atoms with Crippen molar-refractivity contribution in [3.8, 4) is 0 Å². The van der Waals surface area contributed by atoms with E-state index in [1.54, 1.807) is 13.0 Å². The van der Waals surface area contributed by atoms with Gasteiger partial charge >= 0.3 is 5.97 Å². The van der Waals surface area contributed by atoms with Gasteiger partial charge in [-0.15, -0.1) is 0 Å². The molecule has 0 aromatic heterocycles. The Bertz CT molecular complexity index is 388. The lowest BCUT2D eigenvalue weighted by molar-refractivity contribution is -0.132. The third-order valence-electron chi connectivity index (χ3n) is 1.91. The van der Waals surface area contributed by atoms with E-state index in [2.05, 4.69) is 21.2 Å². The van der Waals surface area contributed by atoms with E-state index in [0.29, 0.717) is 12.1 Å². The van der Waals surface area contributed by atoms with E-state index >= 15 is 0 Å². The third-order valence-corrected chi connectivity index (χ3v) is 2.60. The maximum absolute atomic E-state index is 10.5. The van der Waals surface area contributed by atoms with Gasteiger partial charge in [-0.05, 0) is 35.0 Å². The Morgan fingerprint density at radius 3 is 2.80 bits per heavy atom. The number of nitrogens with one attached hydrogen (secondary N) is 1. The number of hydrogen-bond donors (Lipinski definition) is 2. The summed E-state index contributed by atoms with van der Waals surface area (Å²) in [6.45, 7) is 2.07. The molecule has 0 aliphatic heterocycles. The third kappa shape index (κ3) is 3.75. The second-order valence-electron chi connectivity index (χ2n) is 3.05. The Labute approximate surface area is 96.9 Å². The molecule has 1 rings (SSSR count). The summed E-state index contributed by atoms with van der Waals surface area (Å²) in [5, 5.41) is 11.7. The minimum Gasteiger partial charge on any atom is -0.478 e. The van der Waals surface area contributed by atoms with Crippen LogP contribution >= 0.6 is 15.9 Å². The molecule has 0 aliphatic rings. The highest BCUT2D eigenvalue weighted by Gasteiger charge is 1.99. The molecule has 0 fully saturated rings. The molecule has 0 saturated heterocycles. The van der Waals surface area contributed by atoms with Crippen LogP contribution in [0, 0.1) is 0 Å². The van der Waals surface area contributed by atoms with Crippen molar-refractivity contribution >= 4 is 27.6 Å². The Morgan fingerprint density at radius 2 is 2.20 bits per heavy atom. The smallest absolute Gasteiger partial charge is 0.331 e. The van der Waals surface area contributed by atoms with Crippen LogP contribution in [0.5, 0.6) is 0 Å². The highest BCUT2D eigenvalue weighted by atomic mass is 79.9. The molecule has 4 heteroatoms. The van der Waals surface area contributed by atoms with E-state index in [-0.39, 0.29) is 0 Å². The molecular formula is C11H12BrNO2. The Morgan fingerprint density at radius 1 is 1.53 bits per heavy atom. The Balaban J connectivity index is 2.55. The fraction of sp³-hybridized carbons (Fsp3) is 0.182. The molecule has 0 radical (unpaired) electrons. The van der Waals surface area contributed by atoms with E-state index in [4.69, 9.17) is 5.11 Å². The summed E-state index contributed by atoms with van der Waals surface area (Å²) >= 11 is 3.39. The second-order valence-corrected chi connectivity index (χ2v) is 3.91. The van der Waals surface area contributed by atoms with Gasteiger partial charge in [0.2, 0.25) is 0 Å². The van der Waals surface area contributed by atoms with Gasteiger partial charge in [0.15, 0.2) is 0 Å². The van der Waals surface area contributed by atoms with Crippen molar-refractivity contribution in [2.75, 3.05) is 11.9 Å². The van der Waals surface area contributed by atoms with Gasteiger partial charge in [0.05, 0.1) is 0 Å². The molecule has 0 atom stereocenters. The quantitative estimate of drug-likeness (QED) is 0.827. The van der Waals surface area contributed by atoms with E-state index in [1.807, 2.05) is 24.3 Å². The summed E-state index contributed by atoms with van der Waals surface area (Å²) in [4.78, 5) is 10.5. The van der Waals surface area contributed by atoms with E-state index in [0.717, 1.165) is 10.2 Å². The normalized spacial score (nSPS) is 11.2. The van der Waals surface area contributed by atoms with Gasteiger partial charge < -0.3 is 10.4 Å². The van der Waals surface area contributed by atoms with E-state index in [1.165, 1.54) is 0 Å². The topological polar surface area (TPSA) is 49.3 Å². The molecule has 2 N–H and O–H groups in total. The van der Waals surface area contributed by atoms with Crippen LogP contribution in [0.4, 0.5) is 5.69 Å². The number of aliphatic carboxylic acids is 1. The zero-order chi connectivity index (χ0) is 11.3. The molecule has 1 aromatic rings. The molecule has 0 saturated carbocycles. The number of para-hydroxylation sites is 1. The maximum atomic E-state index is 10.5. The number of carboxylic acid groups (broad SMARTS) is 1. The fourth-order valence-electron chi connectivity index (χ4n) is 1.01. The molecule has 0 heterocycles. The lowest BCUT2D eigenvalue weighted by atomic mass is 10.3. The van der Waals surface area contributed by atoms with Crippen molar-refractivity contribution in [3.05, 3.63) is 40.4 Å². The van der Waals surface area contributed by atoms with Gasteiger partial charge in [-0.25, -0.2) is 4.79 Å². The second kappa shape index (κ2) is 5.56. The zero-order valence-corrected chi connectivity index (χ0v) is 9.91. The molecule has 0 unspecified atom stereocenters. The number of carbonyl (C=O) groups is 1. The average molecular weight is 270 g/mol. The van der Waals surface area contributed by atoms with Gasteiger partial charge in [0, 0.05) is 22.3 Å². The number of carboxylic acids is 1. The SMILES string of the molecule is C/C(=C/CNc1ccccc1Br)C(=O)O. The van der Waals surface area contributed by atoms with Crippen LogP contribution in [0.1, 0.15) is 6.92 Å². The molecule has 3 nitrogen and oxygen atoms in total. The van der Waals surface area contributed by atoms with Crippen molar-refractivity contribution in [3.63, 3.8) is 0 Å². The van der Waals surface area contributed by atoms with Gasteiger partial charge in [-0.1, -0.05) is 18.2 Å². The predicted octanol–water partition coefficient (Wildman–Crippen LogP) is 2.89. The van der Waals surface area contributed by atoms with Crippen LogP contribution in [0.25, 0.3) is 0 Å². The summed E-state index contributed by atoms with van der Waals surface area (Å²) in [5.41, 5.74) is 1.29. The molecular weight excluding hydrogens is 258 g/mol. The first kappa shape index (κ1) is 11.8. The number of hydrogen-bond acceptors (Lipinski definition) is 2. The number of rotatable bonds is 4. The largest absolute Gasteiger partial charge is 0.478 e. The number of halogens is 1. The minimum atomic E-state index is -0.885. The van der Waals surface area contributed by atoms with E-state index in [9.17, 15) is 4.79 Å². The van der Waals surface area contributed by atoms with Crippen molar-refractivity contribution in [2.24, 2.45) is 0 Å². The van der Waals surface area contributed by atoms with Crippen molar-refractivity contribution in [2.45, 2.75) is 6.92 Å². The average Bonchev–Trinajstić information content (AvgIpc) is 2.20. The highest BCUT2D eigenvalue weighted by Crippen LogP contribution is 2.20. The fourth-order valence-corrected chi connectivity index (χ4v) is 1.43. The van der Waals surface area contributed by atoms with Gasteiger partial charge in [-0.2, -0.15) is 0 Å². The van der Waals surface area contributed by atoms with Gasteiger partial charge in [-0.3, -0.25) is 0 Å². The monoisotopic (exact) mass is 269 g/mol. The lowest BCUT2D eigenvalue weighted by Crippen LogP contribution is -2.03. The van der Waals surface area contributed by atoms with E-state index < -0.39 is 5.97 Å². The summed E-state index contributed by atoms with van der Waals surface area (Å²) in [6.07, 6.45) is 1.64. The zero-order valence-electron chi connectivity index (χ0n) is 8.33. The Kier molecular flexibility index (Phi) is 4.37. The van der Waals surface area contributed by atoms with Crippen LogP contribution in [0.2, 0.25) is 0 Å². The maximum Gasteiger partial charge on any atom is 0.331 e. The first-order valence-corrected chi connectivity index (χ1v) is 5.29. The molecule has 0 spiro atoms. The Hall–Kier alpha value is -1.29. The standard InChI is InChI=1S/C11H12BrNO2/c1-8(11(14)15)6-7-13-10-5-3-2-4-9(10)12/h2-6,13H,7H2,1H3,(H,14,15)/b8-6-. The van der Waals surface area contributed by atoms with Crippen molar-refractivity contribution in [1.82, 2.24) is 0 Å². The van der Waals surface area contributed by atoms with Crippen LogP contribution in [0.15, 0.2) is 40.4 Å². The predicted molar refractivity (Wildman–Crippen MR) is 64.0 cm³/mol. The van der Waals surface area contributed by atoms with Gasteiger partial charge in [0.1, 0.15) is 0 Å². The molecule has 0 aliphatic carbocycles. The molecule has 15 heavy (non-hydrogen) atoms. The summed E-state index contributed by atoms with van der Waals surface area (Å²) in [5.74, 6) is -0.885. The van der Waals surface area contributed by atoms with Crippen LogP contribution in [-0.2, 0) is 4.79 Å². The first-order chi connectivity index (χ1) is 7.11. The highest BCUT2D eigenvalue weighted by molar-refractivity contribution is 9.10. The molecule has 0 amide bonds. The summed E-state index contributed by atoms with van der Waals surface area (Å²) in [7, 11) is 0. The lowest BCUT2D eigenvalue weighted by Gasteiger charge is -2.05. The molecule has 80 valence electrons. The number of anilines is 1. The number of benzene rings is 1. The van der Waals surface area contributed by atoms with Crippen LogP contribution < -0.4 is 5.32 Å². The van der Waals surface area contributed by atoms with Crippen LogP contribution in [0.3, 0.4) is 0 Å². The van der Waals surface area contributed by atoms with Crippen molar-refractivity contribution in [1.29, 1.82) is 0 Å². The molecule has 1 aromatic carbocycles. The van der Waals surface area contributed by atoms with Gasteiger partial charge in [0.25, 0.3) is 0 Å². The van der Waals surface area contributed by atoms with Crippen LogP contribution in [-0.4, -0.2) is 17.6 Å².